The monoisotopic (exact) mass is 371 g/mol. The Bertz CT molecular complexity index is 817. The van der Waals surface area contributed by atoms with Crippen molar-refractivity contribution < 1.29 is 16.8 Å². The van der Waals surface area contributed by atoms with Gasteiger partial charge in [0.1, 0.15) is 0 Å². The SMILES string of the molecule is CC1CCN(S(=O)(=O)c2cccc(S(C)(=O)=O)c2)C2CCCCC12. The van der Waals surface area contributed by atoms with Crippen molar-refractivity contribution in [1.82, 2.24) is 4.31 Å². The highest BCUT2D eigenvalue weighted by Gasteiger charge is 2.42. The van der Waals surface area contributed by atoms with Crippen LogP contribution in [-0.4, -0.2) is 40.0 Å². The fraction of sp³-hybridized carbons (Fsp3) is 0.647. The number of nitrogens with zero attached hydrogens (tertiary/aromatic N) is 1. The Labute approximate surface area is 145 Å². The molecule has 3 rings (SSSR count). The Morgan fingerprint density at radius 2 is 1.67 bits per heavy atom. The maximum Gasteiger partial charge on any atom is 0.243 e. The lowest BCUT2D eigenvalue weighted by Gasteiger charge is -2.46. The Morgan fingerprint density at radius 1 is 1.00 bits per heavy atom. The first kappa shape index (κ1) is 17.9. The normalized spacial score (nSPS) is 29.2. The van der Waals surface area contributed by atoms with E-state index in [2.05, 4.69) is 6.92 Å². The molecule has 0 N–H and O–H groups in total. The van der Waals surface area contributed by atoms with E-state index in [9.17, 15) is 16.8 Å². The molecule has 1 aliphatic carbocycles. The van der Waals surface area contributed by atoms with Crippen molar-refractivity contribution in [2.24, 2.45) is 11.8 Å². The third-order valence-corrected chi connectivity index (χ3v) is 8.56. The van der Waals surface area contributed by atoms with Gasteiger partial charge in [0, 0.05) is 18.8 Å². The van der Waals surface area contributed by atoms with Crippen molar-refractivity contribution in [3.63, 3.8) is 0 Å². The van der Waals surface area contributed by atoms with Gasteiger partial charge in [-0.1, -0.05) is 25.8 Å². The molecule has 7 heteroatoms. The average Bonchev–Trinajstić information content (AvgIpc) is 2.54. The van der Waals surface area contributed by atoms with E-state index in [-0.39, 0.29) is 15.8 Å². The Balaban J connectivity index is 1.98. The summed E-state index contributed by atoms with van der Waals surface area (Å²) in [5, 5.41) is 0. The number of piperidine rings is 1. The summed E-state index contributed by atoms with van der Waals surface area (Å²) in [5.74, 6) is 0.962. The fourth-order valence-electron chi connectivity index (χ4n) is 4.17. The summed E-state index contributed by atoms with van der Waals surface area (Å²) < 4.78 is 51.5. The predicted molar refractivity (Wildman–Crippen MR) is 93.0 cm³/mol. The summed E-state index contributed by atoms with van der Waals surface area (Å²) in [7, 11) is -7.10. The molecule has 0 bridgehead atoms. The number of rotatable bonds is 3. The molecule has 0 spiro atoms. The first-order valence-electron chi connectivity index (χ1n) is 8.53. The summed E-state index contributed by atoms with van der Waals surface area (Å²) >= 11 is 0. The van der Waals surface area contributed by atoms with Crippen LogP contribution in [-0.2, 0) is 19.9 Å². The largest absolute Gasteiger partial charge is 0.243 e. The maximum absolute atomic E-state index is 13.2. The van der Waals surface area contributed by atoms with Gasteiger partial charge >= 0.3 is 0 Å². The quantitative estimate of drug-likeness (QED) is 0.819. The van der Waals surface area contributed by atoms with Crippen LogP contribution in [0.5, 0.6) is 0 Å². The van der Waals surface area contributed by atoms with Crippen LogP contribution in [0, 0.1) is 11.8 Å². The molecule has 0 amide bonds. The minimum Gasteiger partial charge on any atom is -0.224 e. The predicted octanol–water partition coefficient (Wildman–Crippen LogP) is 2.68. The van der Waals surface area contributed by atoms with Gasteiger partial charge in [-0.2, -0.15) is 4.31 Å². The molecule has 0 radical (unpaired) electrons. The molecule has 1 aromatic rings. The highest BCUT2D eigenvalue weighted by atomic mass is 32.2. The second-order valence-electron chi connectivity index (χ2n) is 7.14. The molecule has 1 aromatic carbocycles. The second-order valence-corrected chi connectivity index (χ2v) is 11.1. The van der Waals surface area contributed by atoms with Crippen LogP contribution in [0.15, 0.2) is 34.1 Å². The minimum absolute atomic E-state index is 0.0501. The Morgan fingerprint density at radius 3 is 2.38 bits per heavy atom. The van der Waals surface area contributed by atoms with Crippen LogP contribution in [0.2, 0.25) is 0 Å². The van der Waals surface area contributed by atoms with Crippen molar-refractivity contribution in [2.45, 2.75) is 54.9 Å². The van der Waals surface area contributed by atoms with E-state index in [1.807, 2.05) is 0 Å². The molecule has 5 nitrogen and oxygen atoms in total. The zero-order valence-corrected chi connectivity index (χ0v) is 15.8. The summed E-state index contributed by atoms with van der Waals surface area (Å²) in [6.07, 6.45) is 6.18. The van der Waals surface area contributed by atoms with Gasteiger partial charge in [-0.15, -0.1) is 0 Å². The minimum atomic E-state index is -3.67. The average molecular weight is 372 g/mol. The molecule has 2 aliphatic rings. The van der Waals surface area contributed by atoms with Crippen LogP contribution in [0.4, 0.5) is 0 Å². The highest BCUT2D eigenvalue weighted by Crippen LogP contribution is 2.41. The summed E-state index contributed by atoms with van der Waals surface area (Å²) in [6, 6.07) is 5.79. The standard InChI is InChI=1S/C17H25NO4S2/c1-13-10-11-18(17-9-4-3-8-16(13)17)24(21,22)15-7-5-6-14(12-15)23(2,19)20/h5-7,12-13,16-17H,3-4,8-11H2,1-2H3. The van der Waals surface area contributed by atoms with Crippen molar-refractivity contribution in [1.29, 1.82) is 0 Å². The molecule has 24 heavy (non-hydrogen) atoms. The zero-order chi connectivity index (χ0) is 17.5. The smallest absolute Gasteiger partial charge is 0.224 e. The van der Waals surface area contributed by atoms with E-state index in [0.717, 1.165) is 31.9 Å². The van der Waals surface area contributed by atoms with Gasteiger partial charge in [-0.25, -0.2) is 16.8 Å². The first-order chi connectivity index (χ1) is 11.2. The van der Waals surface area contributed by atoms with Crippen molar-refractivity contribution >= 4 is 19.9 Å². The molecular formula is C17H25NO4S2. The third kappa shape index (κ3) is 3.26. The summed E-state index contributed by atoms with van der Waals surface area (Å²) in [6.45, 7) is 2.74. The number of hydrogen-bond donors (Lipinski definition) is 0. The Kier molecular flexibility index (Phi) is 4.79. The molecule has 1 saturated carbocycles. The van der Waals surface area contributed by atoms with Crippen molar-refractivity contribution in [3.8, 4) is 0 Å². The van der Waals surface area contributed by atoms with Crippen LogP contribution in [0.3, 0.4) is 0 Å². The van der Waals surface area contributed by atoms with E-state index < -0.39 is 19.9 Å². The number of hydrogen-bond acceptors (Lipinski definition) is 4. The van der Waals surface area contributed by atoms with Gasteiger partial charge in [0.05, 0.1) is 9.79 Å². The van der Waals surface area contributed by atoms with Crippen LogP contribution < -0.4 is 0 Å². The van der Waals surface area contributed by atoms with Crippen LogP contribution >= 0.6 is 0 Å². The number of sulfone groups is 1. The molecule has 1 heterocycles. The van der Waals surface area contributed by atoms with Gasteiger partial charge in [-0.3, -0.25) is 0 Å². The molecule has 3 atom stereocenters. The molecular weight excluding hydrogens is 346 g/mol. The van der Waals surface area contributed by atoms with Gasteiger partial charge in [0.2, 0.25) is 10.0 Å². The topological polar surface area (TPSA) is 71.5 Å². The van der Waals surface area contributed by atoms with Crippen molar-refractivity contribution in [3.05, 3.63) is 24.3 Å². The lowest BCUT2D eigenvalue weighted by atomic mass is 9.74. The van der Waals surface area contributed by atoms with E-state index in [1.165, 1.54) is 30.7 Å². The lowest BCUT2D eigenvalue weighted by Crippen LogP contribution is -2.52. The number of fused-ring (bicyclic) bond motifs is 1. The molecule has 3 unspecified atom stereocenters. The van der Waals surface area contributed by atoms with Crippen molar-refractivity contribution in [2.75, 3.05) is 12.8 Å². The maximum atomic E-state index is 13.2. The molecule has 2 fully saturated rings. The van der Waals surface area contributed by atoms with Crippen LogP contribution in [0.25, 0.3) is 0 Å². The number of benzene rings is 1. The molecule has 134 valence electrons. The third-order valence-electron chi connectivity index (χ3n) is 5.53. The van der Waals surface area contributed by atoms with Crippen LogP contribution in [0.1, 0.15) is 39.0 Å². The van der Waals surface area contributed by atoms with E-state index in [1.54, 1.807) is 4.31 Å². The molecule has 1 aliphatic heterocycles. The summed E-state index contributed by atoms with van der Waals surface area (Å²) in [4.78, 5) is 0.137. The number of sulfonamides is 1. The molecule has 0 aromatic heterocycles. The van der Waals surface area contributed by atoms with E-state index in [4.69, 9.17) is 0 Å². The second kappa shape index (κ2) is 6.42. The Hall–Kier alpha value is -0.920. The van der Waals surface area contributed by atoms with E-state index >= 15 is 0 Å². The summed E-state index contributed by atoms with van der Waals surface area (Å²) in [5.41, 5.74) is 0. The fourth-order valence-corrected chi connectivity index (χ4v) is 6.67. The highest BCUT2D eigenvalue weighted by molar-refractivity contribution is 7.91. The van der Waals surface area contributed by atoms with Gasteiger partial charge < -0.3 is 0 Å². The lowest BCUT2D eigenvalue weighted by molar-refractivity contribution is 0.0827. The van der Waals surface area contributed by atoms with E-state index in [0.29, 0.717) is 18.4 Å². The first-order valence-corrected chi connectivity index (χ1v) is 11.9. The van der Waals surface area contributed by atoms with Gasteiger partial charge in [-0.05, 0) is 49.3 Å². The van der Waals surface area contributed by atoms with Gasteiger partial charge in [0.25, 0.3) is 0 Å². The zero-order valence-electron chi connectivity index (χ0n) is 14.2. The molecule has 1 saturated heterocycles. The van der Waals surface area contributed by atoms with Gasteiger partial charge in [0.15, 0.2) is 9.84 Å².